The predicted octanol–water partition coefficient (Wildman–Crippen LogP) is -1.12. The van der Waals surface area contributed by atoms with Crippen molar-refractivity contribution >= 4 is 27.2 Å². The highest BCUT2D eigenvalue weighted by molar-refractivity contribution is 7.66. The molecule has 0 amide bonds. The van der Waals surface area contributed by atoms with Gasteiger partial charge in [-0.1, -0.05) is 6.58 Å². The van der Waals surface area contributed by atoms with Gasteiger partial charge in [-0.25, -0.2) is 13.7 Å². The van der Waals surface area contributed by atoms with Crippen molar-refractivity contribution in [1.82, 2.24) is 9.55 Å². The molecular weight excluding hydrogens is 448 g/mol. The second kappa shape index (κ2) is 9.47. The maximum absolute atomic E-state index is 12.3. The van der Waals surface area contributed by atoms with Gasteiger partial charge in [0, 0.05) is 19.1 Å². The highest BCUT2D eigenvalue weighted by Crippen LogP contribution is 2.63. The molecule has 1 aliphatic heterocycles. The van der Waals surface area contributed by atoms with E-state index in [4.69, 9.17) is 20.7 Å². The SMILES string of the molecule is C=CP(=O)(O)OP(=O)(OC)OCC1OC(n2ccc(N=C(N)N)nc2=O)C(O)C1O. The van der Waals surface area contributed by atoms with Crippen LogP contribution in [-0.2, 0) is 27.2 Å². The molecule has 2 heterocycles. The summed E-state index contributed by atoms with van der Waals surface area (Å²) in [6, 6.07) is 1.26. The van der Waals surface area contributed by atoms with Gasteiger partial charge in [-0.3, -0.25) is 18.2 Å². The molecule has 0 aromatic carbocycles. The zero-order valence-corrected chi connectivity index (χ0v) is 17.3. The first kappa shape index (κ1) is 24.3. The molecule has 0 aliphatic carbocycles. The summed E-state index contributed by atoms with van der Waals surface area (Å²) in [4.78, 5) is 28.7. The fourth-order valence-electron chi connectivity index (χ4n) is 2.34. The van der Waals surface area contributed by atoms with Crippen LogP contribution >= 0.6 is 15.4 Å². The number of phosphoric ester groups is 1. The number of hydrogen-bond acceptors (Lipinski definition) is 11. The molecule has 1 aliphatic rings. The van der Waals surface area contributed by atoms with Crippen LogP contribution in [0.25, 0.3) is 0 Å². The van der Waals surface area contributed by atoms with Crippen LogP contribution in [0.4, 0.5) is 5.82 Å². The molecule has 1 aromatic rings. The molecule has 17 heteroatoms. The molecule has 0 spiro atoms. The van der Waals surface area contributed by atoms with E-state index in [-0.39, 0.29) is 11.8 Å². The smallest absolute Gasteiger partial charge is 0.387 e. The lowest BCUT2D eigenvalue weighted by atomic mass is 10.1. The number of hydrogen-bond donors (Lipinski definition) is 5. The molecule has 7 N–H and O–H groups in total. The minimum absolute atomic E-state index is 0.0852. The Labute approximate surface area is 169 Å². The number of nitrogens with two attached hydrogens (primary N) is 2. The Morgan fingerprint density at radius 2 is 2.10 bits per heavy atom. The number of rotatable bonds is 9. The van der Waals surface area contributed by atoms with Crippen molar-refractivity contribution in [3.05, 3.63) is 35.1 Å². The molecule has 1 fully saturated rings. The Bertz CT molecular complexity index is 964. The van der Waals surface area contributed by atoms with Crippen molar-refractivity contribution < 1.29 is 42.3 Å². The Hall–Kier alpha value is -1.93. The molecule has 1 saturated heterocycles. The topological polar surface area (TPSA) is 231 Å². The van der Waals surface area contributed by atoms with Crippen molar-refractivity contribution in [3.8, 4) is 0 Å². The van der Waals surface area contributed by atoms with Crippen LogP contribution < -0.4 is 17.2 Å². The summed E-state index contributed by atoms with van der Waals surface area (Å²) >= 11 is 0. The van der Waals surface area contributed by atoms with Gasteiger partial charge in [0.15, 0.2) is 18.0 Å². The third-order valence-electron chi connectivity index (χ3n) is 3.74. The van der Waals surface area contributed by atoms with Gasteiger partial charge in [-0.05, 0) is 6.07 Å². The van der Waals surface area contributed by atoms with Crippen LogP contribution in [0.2, 0.25) is 0 Å². The quantitative estimate of drug-likeness (QED) is 0.164. The standard InChI is InChI=1S/C13H21N5O10P2/c1-3-29(22,23)28-30(24,25-2)26-6-7-9(19)10(20)11(27-7)18-5-4-8(16-12(14)15)17-13(18)21/h3-5,7,9-11,19-20H,1,6H2,2H3,(H,22,23)(H4,14,15,16,17,21). The summed E-state index contributed by atoms with van der Waals surface area (Å²) in [5.74, 6) is 0.116. The van der Waals surface area contributed by atoms with Crippen molar-refractivity contribution in [2.45, 2.75) is 24.5 Å². The van der Waals surface area contributed by atoms with Crippen LogP contribution in [0, 0.1) is 0 Å². The molecule has 0 radical (unpaired) electrons. The molecule has 0 saturated carbocycles. The second-order valence-electron chi connectivity index (χ2n) is 5.81. The molecule has 15 nitrogen and oxygen atoms in total. The summed E-state index contributed by atoms with van der Waals surface area (Å²) in [7, 11) is -8.10. The largest absolute Gasteiger partial charge is 0.482 e. The average molecular weight is 469 g/mol. The molecular formula is C13H21N5O10P2. The van der Waals surface area contributed by atoms with Gasteiger partial charge in [-0.15, -0.1) is 0 Å². The van der Waals surface area contributed by atoms with E-state index in [1.807, 2.05) is 0 Å². The first-order chi connectivity index (χ1) is 13.9. The number of aliphatic hydroxyl groups excluding tert-OH is 2. The Morgan fingerprint density at radius 1 is 1.43 bits per heavy atom. The van der Waals surface area contributed by atoms with E-state index >= 15 is 0 Å². The fraction of sp³-hybridized carbons (Fsp3) is 0.462. The number of ether oxygens (including phenoxy) is 1. The third-order valence-corrected chi connectivity index (χ3v) is 6.85. The summed E-state index contributed by atoms with van der Waals surface area (Å²) in [5.41, 5.74) is 9.52. The Balaban J connectivity index is 2.15. The number of aromatic nitrogens is 2. The minimum Gasteiger partial charge on any atom is -0.387 e. The number of nitrogens with zero attached hydrogens (tertiary/aromatic N) is 3. The lowest BCUT2D eigenvalue weighted by Gasteiger charge is -2.20. The number of guanidine groups is 1. The molecule has 2 rings (SSSR count). The maximum Gasteiger partial charge on any atom is 0.482 e. The Kier molecular flexibility index (Phi) is 7.69. The summed E-state index contributed by atoms with van der Waals surface area (Å²) in [5, 5.41) is 20.4. The number of aliphatic hydroxyl groups is 2. The van der Waals surface area contributed by atoms with Crippen molar-refractivity contribution in [2.75, 3.05) is 13.7 Å². The van der Waals surface area contributed by atoms with Crippen LogP contribution in [0.3, 0.4) is 0 Å². The van der Waals surface area contributed by atoms with E-state index in [0.717, 1.165) is 11.7 Å². The summed E-state index contributed by atoms with van der Waals surface area (Å²) in [6.45, 7) is 2.37. The van der Waals surface area contributed by atoms with Crippen LogP contribution in [-0.4, -0.2) is 62.6 Å². The van der Waals surface area contributed by atoms with Gasteiger partial charge in [0.1, 0.15) is 18.3 Å². The highest BCUT2D eigenvalue weighted by atomic mass is 31.3. The average Bonchev–Trinajstić information content (AvgIpc) is 2.94. The van der Waals surface area contributed by atoms with Gasteiger partial charge in [0.05, 0.1) is 6.61 Å². The van der Waals surface area contributed by atoms with Gasteiger partial charge < -0.3 is 31.3 Å². The van der Waals surface area contributed by atoms with Gasteiger partial charge >= 0.3 is 21.1 Å². The minimum atomic E-state index is -4.53. The number of aliphatic imine (C=N–C) groups is 1. The molecule has 6 atom stereocenters. The van der Waals surface area contributed by atoms with Crippen LogP contribution in [0.1, 0.15) is 6.23 Å². The van der Waals surface area contributed by atoms with Crippen LogP contribution in [0.5, 0.6) is 0 Å². The molecule has 30 heavy (non-hydrogen) atoms. The lowest BCUT2D eigenvalue weighted by molar-refractivity contribution is -0.0544. The highest BCUT2D eigenvalue weighted by Gasteiger charge is 2.46. The fourth-order valence-corrected chi connectivity index (χ4v) is 4.64. The van der Waals surface area contributed by atoms with E-state index in [2.05, 4.69) is 25.4 Å². The maximum atomic E-state index is 12.3. The van der Waals surface area contributed by atoms with E-state index in [0.29, 0.717) is 5.82 Å². The zero-order chi connectivity index (χ0) is 22.7. The van der Waals surface area contributed by atoms with Gasteiger partial charge in [-0.2, -0.15) is 9.98 Å². The second-order valence-corrected chi connectivity index (χ2v) is 9.48. The van der Waals surface area contributed by atoms with Crippen molar-refractivity contribution in [3.63, 3.8) is 0 Å². The first-order valence-corrected chi connectivity index (χ1v) is 11.2. The normalized spacial score (nSPS) is 27.7. The van der Waals surface area contributed by atoms with E-state index < -0.39 is 52.3 Å². The summed E-state index contributed by atoms with van der Waals surface area (Å²) in [6.07, 6.45) is -4.72. The zero-order valence-electron chi connectivity index (χ0n) is 15.5. The van der Waals surface area contributed by atoms with E-state index in [1.165, 1.54) is 12.3 Å². The molecule has 6 unspecified atom stereocenters. The van der Waals surface area contributed by atoms with E-state index in [9.17, 15) is 29.0 Å². The predicted molar refractivity (Wildman–Crippen MR) is 102 cm³/mol. The lowest BCUT2D eigenvalue weighted by Crippen LogP contribution is -2.36. The van der Waals surface area contributed by atoms with Crippen molar-refractivity contribution in [2.24, 2.45) is 16.5 Å². The Morgan fingerprint density at radius 3 is 2.63 bits per heavy atom. The van der Waals surface area contributed by atoms with Crippen LogP contribution in [0.15, 0.2) is 34.4 Å². The van der Waals surface area contributed by atoms with Gasteiger partial charge in [0.2, 0.25) is 0 Å². The molecule has 168 valence electrons. The third kappa shape index (κ3) is 5.82. The number of phosphoric acid groups is 1. The van der Waals surface area contributed by atoms with Gasteiger partial charge in [0.25, 0.3) is 0 Å². The summed E-state index contributed by atoms with van der Waals surface area (Å²) < 4.78 is 43.9. The molecule has 0 bridgehead atoms. The van der Waals surface area contributed by atoms with E-state index in [1.54, 1.807) is 0 Å². The van der Waals surface area contributed by atoms with Crippen molar-refractivity contribution in [1.29, 1.82) is 0 Å². The molecule has 1 aromatic heterocycles. The first-order valence-electron chi connectivity index (χ1n) is 8.09. The monoisotopic (exact) mass is 469 g/mol.